The van der Waals surface area contributed by atoms with Crippen molar-refractivity contribution in [3.8, 4) is 0 Å². The first-order chi connectivity index (χ1) is 8.09. The van der Waals surface area contributed by atoms with Gasteiger partial charge in [-0.15, -0.1) is 0 Å². The summed E-state index contributed by atoms with van der Waals surface area (Å²) in [6.45, 7) is 0.395. The Morgan fingerprint density at radius 2 is 2.06 bits per heavy atom. The molecule has 3 rings (SSSR count). The zero-order valence-corrected chi connectivity index (χ0v) is 8.67. The lowest BCUT2D eigenvalue weighted by atomic mass is 10.0. The monoisotopic (exact) mass is 238 g/mol. The lowest BCUT2D eigenvalue weighted by Crippen LogP contribution is -2.55. The van der Waals surface area contributed by atoms with Crippen LogP contribution < -0.4 is 5.32 Å². The third-order valence-corrected chi connectivity index (χ3v) is 3.15. The van der Waals surface area contributed by atoms with Crippen LogP contribution in [0.5, 0.6) is 0 Å². The fraction of sp³-hybridized carbons (Fsp3) is 0.273. The van der Waals surface area contributed by atoms with Gasteiger partial charge in [0.05, 0.1) is 5.69 Å². The molecule has 17 heavy (non-hydrogen) atoms. The molecule has 88 valence electrons. The molecule has 1 saturated heterocycles. The minimum atomic E-state index is -1.21. The van der Waals surface area contributed by atoms with Gasteiger partial charge in [-0.05, 0) is 18.6 Å². The second-order valence-electron chi connectivity index (χ2n) is 4.08. The summed E-state index contributed by atoms with van der Waals surface area (Å²) in [7, 11) is 0. The predicted octanol–water partition coefficient (Wildman–Crippen LogP) is 1.13. The van der Waals surface area contributed by atoms with Crippen LogP contribution in [-0.4, -0.2) is 29.3 Å². The van der Waals surface area contributed by atoms with Gasteiger partial charge in [0.25, 0.3) is 5.91 Å². The summed E-state index contributed by atoms with van der Waals surface area (Å²) in [5.41, 5.74) is -0.353. The smallest absolute Gasteiger partial charge is 0.259 e. The number of halogens is 2. The molecule has 2 aliphatic rings. The van der Waals surface area contributed by atoms with Crippen molar-refractivity contribution in [3.05, 3.63) is 29.3 Å². The minimum absolute atomic E-state index is 0.0355. The van der Waals surface area contributed by atoms with Crippen molar-refractivity contribution >= 4 is 17.5 Å². The summed E-state index contributed by atoms with van der Waals surface area (Å²) < 4.78 is 26.7. The molecule has 0 unspecified atom stereocenters. The summed E-state index contributed by atoms with van der Waals surface area (Å²) in [6.07, 6.45) is 0.551. The summed E-state index contributed by atoms with van der Waals surface area (Å²) in [4.78, 5) is 24.9. The van der Waals surface area contributed by atoms with E-state index in [1.807, 2.05) is 0 Å². The molecule has 0 spiro atoms. The van der Waals surface area contributed by atoms with Gasteiger partial charge in [-0.2, -0.15) is 0 Å². The van der Waals surface area contributed by atoms with Gasteiger partial charge in [0.15, 0.2) is 11.6 Å². The number of rotatable bonds is 0. The van der Waals surface area contributed by atoms with Crippen molar-refractivity contribution in [1.29, 1.82) is 0 Å². The molecule has 2 amide bonds. The van der Waals surface area contributed by atoms with Gasteiger partial charge >= 0.3 is 0 Å². The Kier molecular flexibility index (Phi) is 1.95. The maximum absolute atomic E-state index is 13.6. The van der Waals surface area contributed by atoms with Crippen LogP contribution in [0.4, 0.5) is 14.5 Å². The molecule has 1 atom stereocenters. The van der Waals surface area contributed by atoms with Crippen LogP contribution in [0.3, 0.4) is 0 Å². The zero-order valence-electron chi connectivity index (χ0n) is 8.67. The number of amides is 2. The van der Waals surface area contributed by atoms with Gasteiger partial charge in [0.1, 0.15) is 11.6 Å². The largest absolute Gasteiger partial charge is 0.326 e. The molecular formula is C11H8F2N2O2. The number of fused-ring (bicyclic) bond motifs is 2. The summed E-state index contributed by atoms with van der Waals surface area (Å²) >= 11 is 0. The fourth-order valence-corrected chi connectivity index (χ4v) is 2.13. The van der Waals surface area contributed by atoms with Crippen LogP contribution >= 0.6 is 0 Å². The molecule has 1 fully saturated rings. The SMILES string of the molecule is O=C1Nc2ccc(F)c(F)c2C(=O)N2CC[C@@H]12. The molecule has 0 radical (unpaired) electrons. The van der Waals surface area contributed by atoms with E-state index in [4.69, 9.17) is 0 Å². The highest BCUT2D eigenvalue weighted by atomic mass is 19.2. The lowest BCUT2D eigenvalue weighted by Gasteiger charge is -2.37. The molecule has 0 aliphatic carbocycles. The number of hydrogen-bond donors (Lipinski definition) is 1. The molecule has 1 aromatic carbocycles. The second kappa shape index (κ2) is 3.26. The van der Waals surface area contributed by atoms with Gasteiger partial charge in [0.2, 0.25) is 5.91 Å². The molecule has 1 N–H and O–H groups in total. The van der Waals surface area contributed by atoms with Crippen molar-refractivity contribution in [2.24, 2.45) is 0 Å². The van der Waals surface area contributed by atoms with E-state index in [0.717, 1.165) is 6.07 Å². The van der Waals surface area contributed by atoms with E-state index >= 15 is 0 Å². The first kappa shape index (κ1) is 10.2. The number of anilines is 1. The van der Waals surface area contributed by atoms with Crippen molar-refractivity contribution in [2.75, 3.05) is 11.9 Å². The normalized spacial score (nSPS) is 22.2. The minimum Gasteiger partial charge on any atom is -0.326 e. The third kappa shape index (κ3) is 1.26. The number of benzene rings is 1. The Morgan fingerprint density at radius 1 is 1.29 bits per heavy atom. The third-order valence-electron chi connectivity index (χ3n) is 3.15. The topological polar surface area (TPSA) is 49.4 Å². The van der Waals surface area contributed by atoms with Gasteiger partial charge in [-0.25, -0.2) is 8.78 Å². The van der Waals surface area contributed by atoms with Crippen LogP contribution in [0, 0.1) is 11.6 Å². The number of nitrogens with one attached hydrogen (secondary N) is 1. The van der Waals surface area contributed by atoms with E-state index < -0.39 is 23.6 Å². The average Bonchev–Trinajstić information content (AvgIpc) is 2.27. The van der Waals surface area contributed by atoms with Crippen LogP contribution in [0.1, 0.15) is 16.8 Å². The van der Waals surface area contributed by atoms with E-state index in [2.05, 4.69) is 5.32 Å². The molecular weight excluding hydrogens is 230 g/mol. The Balaban J connectivity index is 2.19. The Hall–Kier alpha value is -1.98. The number of nitrogens with zero attached hydrogens (tertiary/aromatic N) is 1. The second-order valence-corrected chi connectivity index (χ2v) is 4.08. The molecule has 1 aromatic rings. The quantitative estimate of drug-likeness (QED) is 0.736. The number of carbonyl (C=O) groups excluding carboxylic acids is 2. The van der Waals surface area contributed by atoms with Crippen LogP contribution in [0.2, 0.25) is 0 Å². The summed E-state index contributed by atoms with van der Waals surface area (Å²) in [5.74, 6) is -3.29. The van der Waals surface area contributed by atoms with Crippen molar-refractivity contribution in [3.63, 3.8) is 0 Å². The molecule has 0 aromatic heterocycles. The molecule has 4 nitrogen and oxygen atoms in total. The van der Waals surface area contributed by atoms with Gasteiger partial charge in [-0.1, -0.05) is 0 Å². The van der Waals surface area contributed by atoms with Crippen molar-refractivity contribution in [1.82, 2.24) is 4.90 Å². The fourth-order valence-electron chi connectivity index (χ4n) is 2.13. The van der Waals surface area contributed by atoms with Crippen molar-refractivity contribution < 1.29 is 18.4 Å². The lowest BCUT2D eigenvalue weighted by molar-refractivity contribution is -0.123. The van der Waals surface area contributed by atoms with E-state index in [9.17, 15) is 18.4 Å². The maximum Gasteiger partial charge on any atom is 0.259 e. The highest BCUT2D eigenvalue weighted by Crippen LogP contribution is 2.31. The highest BCUT2D eigenvalue weighted by molar-refractivity contribution is 6.10. The van der Waals surface area contributed by atoms with E-state index in [1.165, 1.54) is 11.0 Å². The molecule has 6 heteroatoms. The van der Waals surface area contributed by atoms with E-state index in [1.54, 1.807) is 0 Å². The Labute approximate surface area is 95.2 Å². The summed E-state index contributed by atoms with van der Waals surface area (Å²) in [5, 5.41) is 2.44. The van der Waals surface area contributed by atoms with Gasteiger partial charge in [0, 0.05) is 6.54 Å². The summed E-state index contributed by atoms with van der Waals surface area (Å²) in [6, 6.07) is 1.54. The van der Waals surface area contributed by atoms with Gasteiger partial charge in [-0.3, -0.25) is 9.59 Å². The average molecular weight is 238 g/mol. The van der Waals surface area contributed by atoms with Crippen LogP contribution in [-0.2, 0) is 4.79 Å². The maximum atomic E-state index is 13.6. The molecule has 2 heterocycles. The van der Waals surface area contributed by atoms with Crippen molar-refractivity contribution in [2.45, 2.75) is 12.5 Å². The molecule has 0 bridgehead atoms. The first-order valence-corrected chi connectivity index (χ1v) is 5.19. The number of hydrogen-bond acceptors (Lipinski definition) is 2. The molecule has 2 aliphatic heterocycles. The van der Waals surface area contributed by atoms with E-state index in [0.29, 0.717) is 13.0 Å². The predicted molar refractivity (Wildman–Crippen MR) is 54.4 cm³/mol. The standard InChI is InChI=1S/C11H8F2N2O2/c12-5-1-2-6-8(9(5)13)11(17)15-4-3-7(15)10(16)14-6/h1-2,7H,3-4H2,(H,14,16)/t7-/m0/s1. The van der Waals surface area contributed by atoms with E-state index in [-0.39, 0.29) is 17.2 Å². The first-order valence-electron chi connectivity index (χ1n) is 5.19. The Bertz CT molecular complexity index is 545. The number of carbonyl (C=O) groups is 2. The molecule has 0 saturated carbocycles. The highest BCUT2D eigenvalue weighted by Gasteiger charge is 2.42. The zero-order chi connectivity index (χ0) is 12.2. The van der Waals surface area contributed by atoms with Gasteiger partial charge < -0.3 is 10.2 Å². The van der Waals surface area contributed by atoms with Crippen LogP contribution in [0.15, 0.2) is 12.1 Å². The Morgan fingerprint density at radius 3 is 2.71 bits per heavy atom. The van der Waals surface area contributed by atoms with Crippen LogP contribution in [0.25, 0.3) is 0 Å².